The van der Waals surface area contributed by atoms with E-state index in [1.807, 2.05) is 24.4 Å². The van der Waals surface area contributed by atoms with Gasteiger partial charge in [-0.3, -0.25) is 14.7 Å². The number of aromatic amines is 1. The summed E-state index contributed by atoms with van der Waals surface area (Å²) >= 11 is 6.46. The highest BCUT2D eigenvalue weighted by Gasteiger charge is 2.21. The number of carbonyl (C=O) groups excluding carboxylic acids is 1. The number of hydrogen-bond donors (Lipinski definition) is 2. The summed E-state index contributed by atoms with van der Waals surface area (Å²) in [7, 11) is 3.19. The quantitative estimate of drug-likeness (QED) is 0.421. The van der Waals surface area contributed by atoms with Crippen molar-refractivity contribution in [2.24, 2.45) is 7.05 Å². The standard InChI is InChI=1S/C24H24ClN7O3/c1-26-22(33)13-35-21-9-16-7-14(3-4-20(16)31(2)23(21)34)8-18-17(25)11-27-24(29-18)32-6-5-15-10-28-30-19(15)12-32/h3-4,7,9-11H,5-6,8,12-13H2,1-2H3,(H,26,33)(H,28,30). The first-order valence-electron chi connectivity index (χ1n) is 11.2. The summed E-state index contributed by atoms with van der Waals surface area (Å²) < 4.78 is 6.97. The molecule has 10 nitrogen and oxygen atoms in total. The van der Waals surface area contributed by atoms with Crippen molar-refractivity contribution in [3.63, 3.8) is 0 Å². The van der Waals surface area contributed by atoms with E-state index in [1.54, 1.807) is 19.3 Å². The number of carbonyl (C=O) groups is 1. The minimum Gasteiger partial charge on any atom is -0.478 e. The second kappa shape index (κ2) is 9.38. The maximum Gasteiger partial charge on any atom is 0.293 e. The lowest BCUT2D eigenvalue weighted by Crippen LogP contribution is -2.31. The van der Waals surface area contributed by atoms with E-state index in [-0.39, 0.29) is 23.8 Å². The Morgan fingerprint density at radius 1 is 1.29 bits per heavy atom. The van der Waals surface area contributed by atoms with Gasteiger partial charge in [0.1, 0.15) is 0 Å². The number of aromatic nitrogens is 5. The molecule has 0 saturated heterocycles. The van der Waals surface area contributed by atoms with E-state index in [2.05, 4.69) is 25.4 Å². The highest BCUT2D eigenvalue weighted by Crippen LogP contribution is 2.25. The van der Waals surface area contributed by atoms with Crippen molar-refractivity contribution in [3.8, 4) is 5.75 Å². The molecule has 0 atom stereocenters. The van der Waals surface area contributed by atoms with Crippen LogP contribution in [0.1, 0.15) is 22.5 Å². The number of halogens is 1. The van der Waals surface area contributed by atoms with Gasteiger partial charge in [0.25, 0.3) is 11.5 Å². The second-order valence-electron chi connectivity index (χ2n) is 8.41. The van der Waals surface area contributed by atoms with E-state index >= 15 is 0 Å². The Balaban J connectivity index is 1.42. The molecule has 1 aliphatic heterocycles. The highest BCUT2D eigenvalue weighted by molar-refractivity contribution is 6.31. The van der Waals surface area contributed by atoms with Gasteiger partial charge in [-0.2, -0.15) is 5.10 Å². The topological polar surface area (TPSA) is 118 Å². The molecular weight excluding hydrogens is 470 g/mol. The first-order chi connectivity index (χ1) is 16.9. The van der Waals surface area contributed by atoms with Gasteiger partial charge in [-0.25, -0.2) is 9.97 Å². The van der Waals surface area contributed by atoms with Crippen LogP contribution in [0, 0.1) is 0 Å². The number of likely N-dealkylation sites (N-methyl/N-ethyl adjacent to an activating group) is 1. The normalized spacial score (nSPS) is 13.1. The molecule has 4 heterocycles. The number of pyridine rings is 1. The number of hydrogen-bond acceptors (Lipinski definition) is 7. The Kier molecular flexibility index (Phi) is 6.12. The molecule has 11 heteroatoms. The molecule has 3 aromatic heterocycles. The third-order valence-corrected chi connectivity index (χ3v) is 6.47. The van der Waals surface area contributed by atoms with Crippen LogP contribution in [0.3, 0.4) is 0 Å². The van der Waals surface area contributed by atoms with Crippen molar-refractivity contribution in [2.75, 3.05) is 25.1 Å². The molecule has 0 aliphatic carbocycles. The molecule has 0 radical (unpaired) electrons. The van der Waals surface area contributed by atoms with E-state index < -0.39 is 0 Å². The second-order valence-corrected chi connectivity index (χ2v) is 8.82. The van der Waals surface area contributed by atoms with Crippen LogP contribution in [0.5, 0.6) is 5.75 Å². The van der Waals surface area contributed by atoms with Crippen LogP contribution >= 0.6 is 11.6 Å². The van der Waals surface area contributed by atoms with Crippen LogP contribution in [0.25, 0.3) is 10.9 Å². The van der Waals surface area contributed by atoms with Gasteiger partial charge < -0.3 is 19.5 Å². The summed E-state index contributed by atoms with van der Waals surface area (Å²) in [6, 6.07) is 7.46. The van der Waals surface area contributed by atoms with Crippen molar-refractivity contribution in [1.82, 2.24) is 30.0 Å². The molecule has 0 bridgehead atoms. The maximum atomic E-state index is 12.6. The third kappa shape index (κ3) is 4.57. The molecule has 35 heavy (non-hydrogen) atoms. The SMILES string of the molecule is CNC(=O)COc1cc2cc(Cc3nc(N4CCc5cn[nH]c5C4)ncc3Cl)ccc2n(C)c1=O. The van der Waals surface area contributed by atoms with Gasteiger partial charge in [0, 0.05) is 32.4 Å². The Morgan fingerprint density at radius 3 is 2.97 bits per heavy atom. The number of H-pyrrole nitrogens is 1. The van der Waals surface area contributed by atoms with Crippen molar-refractivity contribution in [3.05, 3.63) is 74.6 Å². The van der Waals surface area contributed by atoms with Crippen molar-refractivity contribution in [2.45, 2.75) is 19.4 Å². The van der Waals surface area contributed by atoms with Gasteiger partial charge in [0.15, 0.2) is 12.4 Å². The summed E-state index contributed by atoms with van der Waals surface area (Å²) in [5.74, 6) is 0.427. The molecule has 1 amide bonds. The number of benzene rings is 1. The molecule has 1 aromatic carbocycles. The molecular formula is C24H24ClN7O3. The highest BCUT2D eigenvalue weighted by atomic mass is 35.5. The molecule has 2 N–H and O–H groups in total. The molecule has 180 valence electrons. The first-order valence-corrected chi connectivity index (χ1v) is 11.5. The molecule has 0 saturated carbocycles. The van der Waals surface area contributed by atoms with Gasteiger partial charge in [-0.05, 0) is 35.7 Å². The van der Waals surface area contributed by atoms with Crippen molar-refractivity contribution in [1.29, 1.82) is 0 Å². The smallest absolute Gasteiger partial charge is 0.293 e. The van der Waals surface area contributed by atoms with Gasteiger partial charge in [-0.15, -0.1) is 0 Å². The van der Waals surface area contributed by atoms with Crippen molar-refractivity contribution < 1.29 is 9.53 Å². The van der Waals surface area contributed by atoms with Gasteiger partial charge >= 0.3 is 0 Å². The number of rotatable bonds is 6. The molecule has 1 aliphatic rings. The number of aryl methyl sites for hydroxylation is 1. The monoisotopic (exact) mass is 493 g/mol. The largest absolute Gasteiger partial charge is 0.478 e. The molecule has 0 unspecified atom stereocenters. The Morgan fingerprint density at radius 2 is 2.14 bits per heavy atom. The summed E-state index contributed by atoms with van der Waals surface area (Å²) in [6.45, 7) is 1.24. The summed E-state index contributed by atoms with van der Waals surface area (Å²) in [6.07, 6.45) is 4.87. The van der Waals surface area contributed by atoms with Crippen LogP contribution in [0.15, 0.2) is 41.5 Å². The molecule has 0 spiro atoms. The van der Waals surface area contributed by atoms with Gasteiger partial charge in [0.2, 0.25) is 5.95 Å². The van der Waals surface area contributed by atoms with Gasteiger partial charge in [0.05, 0.1) is 40.9 Å². The predicted octanol–water partition coefficient (Wildman–Crippen LogP) is 1.98. The fourth-order valence-corrected chi connectivity index (χ4v) is 4.34. The molecule has 4 aromatic rings. The zero-order valence-electron chi connectivity index (χ0n) is 19.3. The van der Waals surface area contributed by atoms with Crippen LogP contribution < -0.4 is 20.5 Å². The number of anilines is 1. The van der Waals surface area contributed by atoms with E-state index in [4.69, 9.17) is 21.3 Å². The Hall–Kier alpha value is -3.92. The lowest BCUT2D eigenvalue weighted by Gasteiger charge is -2.26. The average molecular weight is 494 g/mol. The zero-order chi connectivity index (χ0) is 24.5. The van der Waals surface area contributed by atoms with E-state index in [1.165, 1.54) is 17.2 Å². The Bertz CT molecular complexity index is 1480. The van der Waals surface area contributed by atoms with Crippen LogP contribution in [0.4, 0.5) is 5.95 Å². The van der Waals surface area contributed by atoms with E-state index in [0.717, 1.165) is 35.1 Å². The third-order valence-electron chi connectivity index (χ3n) is 6.16. The lowest BCUT2D eigenvalue weighted by atomic mass is 10.1. The van der Waals surface area contributed by atoms with E-state index in [0.29, 0.717) is 29.6 Å². The number of ether oxygens (including phenoxy) is 1. The summed E-state index contributed by atoms with van der Waals surface area (Å²) in [5.41, 5.74) is 4.43. The lowest BCUT2D eigenvalue weighted by molar-refractivity contribution is -0.122. The molecule has 0 fully saturated rings. The Labute approximate surface area is 205 Å². The first kappa shape index (κ1) is 22.9. The maximum absolute atomic E-state index is 12.6. The van der Waals surface area contributed by atoms with Crippen LogP contribution in [-0.4, -0.2) is 50.8 Å². The van der Waals surface area contributed by atoms with Crippen LogP contribution in [-0.2, 0) is 31.2 Å². The zero-order valence-corrected chi connectivity index (χ0v) is 20.1. The fraction of sp³-hybridized carbons (Fsp3) is 0.292. The number of nitrogens with one attached hydrogen (secondary N) is 2. The minimum atomic E-state index is -0.312. The number of fused-ring (bicyclic) bond motifs is 2. The average Bonchev–Trinajstić information content (AvgIpc) is 3.34. The van der Waals surface area contributed by atoms with Crippen molar-refractivity contribution >= 4 is 34.4 Å². The summed E-state index contributed by atoms with van der Waals surface area (Å²) in [4.78, 5) is 35.5. The molecule has 5 rings (SSSR count). The van der Waals surface area contributed by atoms with E-state index in [9.17, 15) is 9.59 Å². The fourth-order valence-electron chi connectivity index (χ4n) is 4.18. The summed E-state index contributed by atoms with van der Waals surface area (Å²) in [5, 5.41) is 10.9. The minimum absolute atomic E-state index is 0.117. The van der Waals surface area contributed by atoms with Gasteiger partial charge in [-0.1, -0.05) is 17.7 Å². The van der Waals surface area contributed by atoms with Crippen LogP contribution in [0.2, 0.25) is 5.02 Å². The number of amides is 1. The number of nitrogens with zero attached hydrogens (tertiary/aromatic N) is 5. The predicted molar refractivity (Wildman–Crippen MR) is 132 cm³/mol.